The monoisotopic (exact) mass is 234 g/mol. The van der Waals surface area contributed by atoms with E-state index in [9.17, 15) is 9.18 Å². The predicted molar refractivity (Wildman–Crippen MR) is 63.5 cm³/mol. The van der Waals surface area contributed by atoms with Gasteiger partial charge in [0, 0.05) is 32.2 Å². The van der Waals surface area contributed by atoms with Crippen LogP contribution < -0.4 is 4.90 Å². The van der Waals surface area contributed by atoms with Crippen LogP contribution in [0.3, 0.4) is 0 Å². The maximum atomic E-state index is 13.3. The van der Waals surface area contributed by atoms with Crippen molar-refractivity contribution in [1.29, 1.82) is 0 Å². The zero-order chi connectivity index (χ0) is 12.0. The van der Waals surface area contributed by atoms with Crippen molar-refractivity contribution in [3.8, 4) is 0 Å². The van der Waals surface area contributed by atoms with Crippen molar-refractivity contribution in [2.24, 2.45) is 0 Å². The number of rotatable bonds is 0. The van der Waals surface area contributed by atoms with Crippen molar-refractivity contribution in [2.75, 3.05) is 25.0 Å². The molecule has 3 rings (SSSR count). The molecule has 0 bridgehead atoms. The summed E-state index contributed by atoms with van der Waals surface area (Å²) in [6.07, 6.45) is 1.65. The second-order valence-corrected chi connectivity index (χ2v) is 4.80. The number of amides is 1. The van der Waals surface area contributed by atoms with Gasteiger partial charge in [-0.3, -0.25) is 4.79 Å². The molecule has 3 nitrogen and oxygen atoms in total. The summed E-state index contributed by atoms with van der Waals surface area (Å²) >= 11 is 0. The third-order valence-corrected chi connectivity index (χ3v) is 3.70. The lowest BCUT2D eigenvalue weighted by Gasteiger charge is -2.24. The lowest BCUT2D eigenvalue weighted by molar-refractivity contribution is -0.130. The van der Waals surface area contributed by atoms with E-state index in [1.807, 2.05) is 7.05 Å². The van der Waals surface area contributed by atoms with Gasteiger partial charge in [-0.2, -0.15) is 0 Å². The van der Waals surface area contributed by atoms with Gasteiger partial charge in [0.1, 0.15) is 11.9 Å². The van der Waals surface area contributed by atoms with Crippen molar-refractivity contribution in [2.45, 2.75) is 18.9 Å². The number of likely N-dealkylation sites (N-methyl/N-ethyl adjacent to an activating group) is 1. The van der Waals surface area contributed by atoms with Crippen LogP contribution in [0.1, 0.15) is 12.0 Å². The molecule has 1 amide bonds. The van der Waals surface area contributed by atoms with E-state index in [2.05, 4.69) is 4.90 Å². The van der Waals surface area contributed by atoms with Gasteiger partial charge >= 0.3 is 0 Å². The van der Waals surface area contributed by atoms with Gasteiger partial charge in [-0.15, -0.1) is 0 Å². The van der Waals surface area contributed by atoms with Crippen LogP contribution in [0.25, 0.3) is 0 Å². The van der Waals surface area contributed by atoms with Gasteiger partial charge in [-0.05, 0) is 24.1 Å². The fraction of sp³-hybridized carbons (Fsp3) is 0.462. The summed E-state index contributed by atoms with van der Waals surface area (Å²) in [6.45, 7) is 1.62. The summed E-state index contributed by atoms with van der Waals surface area (Å²) in [6, 6.07) is 4.69. The molecule has 90 valence electrons. The van der Waals surface area contributed by atoms with Gasteiger partial charge in [-0.1, -0.05) is 6.07 Å². The van der Waals surface area contributed by atoms with Crippen LogP contribution in [-0.2, 0) is 11.2 Å². The summed E-state index contributed by atoms with van der Waals surface area (Å²) in [4.78, 5) is 16.0. The fourth-order valence-corrected chi connectivity index (χ4v) is 2.80. The molecule has 17 heavy (non-hydrogen) atoms. The number of hydrogen-bond acceptors (Lipinski definition) is 2. The molecule has 0 saturated carbocycles. The van der Waals surface area contributed by atoms with Crippen LogP contribution in [0.5, 0.6) is 0 Å². The SMILES string of the molecule is CN1CCCN2c3cc(F)ccc3CC2C1=O. The summed E-state index contributed by atoms with van der Waals surface area (Å²) in [5.41, 5.74) is 1.98. The molecule has 0 N–H and O–H groups in total. The highest BCUT2D eigenvalue weighted by Crippen LogP contribution is 2.34. The molecule has 1 saturated heterocycles. The van der Waals surface area contributed by atoms with Crippen LogP contribution in [-0.4, -0.2) is 37.0 Å². The quantitative estimate of drug-likeness (QED) is 0.678. The normalized spacial score (nSPS) is 23.4. The Kier molecular flexibility index (Phi) is 2.31. The number of halogens is 1. The lowest BCUT2D eigenvalue weighted by atomic mass is 10.1. The van der Waals surface area contributed by atoms with Crippen LogP contribution >= 0.6 is 0 Å². The van der Waals surface area contributed by atoms with E-state index in [-0.39, 0.29) is 17.8 Å². The highest BCUT2D eigenvalue weighted by atomic mass is 19.1. The van der Waals surface area contributed by atoms with Crippen LogP contribution in [0.4, 0.5) is 10.1 Å². The Morgan fingerprint density at radius 2 is 2.18 bits per heavy atom. The van der Waals surface area contributed by atoms with Gasteiger partial charge < -0.3 is 9.80 Å². The van der Waals surface area contributed by atoms with E-state index in [1.165, 1.54) is 6.07 Å². The minimum atomic E-state index is -0.227. The maximum Gasteiger partial charge on any atom is 0.245 e. The molecule has 1 atom stereocenters. The van der Waals surface area contributed by atoms with E-state index in [0.29, 0.717) is 6.42 Å². The van der Waals surface area contributed by atoms with Crippen molar-refractivity contribution >= 4 is 11.6 Å². The Bertz CT molecular complexity index is 474. The highest BCUT2D eigenvalue weighted by Gasteiger charge is 2.37. The first-order valence-corrected chi connectivity index (χ1v) is 5.97. The van der Waals surface area contributed by atoms with Gasteiger partial charge in [0.15, 0.2) is 0 Å². The fourth-order valence-electron chi connectivity index (χ4n) is 2.80. The Hall–Kier alpha value is -1.58. The second kappa shape index (κ2) is 3.72. The average molecular weight is 234 g/mol. The molecule has 2 heterocycles. The maximum absolute atomic E-state index is 13.3. The molecule has 1 aromatic rings. The second-order valence-electron chi connectivity index (χ2n) is 4.80. The first-order valence-electron chi connectivity index (χ1n) is 5.97. The third-order valence-electron chi connectivity index (χ3n) is 3.70. The summed E-state index contributed by atoms with van der Waals surface area (Å²) in [5, 5.41) is 0. The minimum Gasteiger partial charge on any atom is -0.359 e. The van der Waals surface area contributed by atoms with Gasteiger partial charge in [0.2, 0.25) is 5.91 Å². The zero-order valence-electron chi connectivity index (χ0n) is 9.82. The number of anilines is 1. The molecule has 0 aliphatic carbocycles. The molecular formula is C13H15FN2O. The van der Waals surface area contributed by atoms with Crippen LogP contribution in [0.15, 0.2) is 18.2 Å². The van der Waals surface area contributed by atoms with E-state index in [4.69, 9.17) is 0 Å². The van der Waals surface area contributed by atoms with Gasteiger partial charge in [0.05, 0.1) is 0 Å². The summed E-state index contributed by atoms with van der Waals surface area (Å²) in [5.74, 6) is -0.0754. The van der Waals surface area contributed by atoms with Crippen molar-refractivity contribution in [1.82, 2.24) is 4.90 Å². The minimum absolute atomic E-state index is 0.126. The molecule has 1 aromatic carbocycles. The predicted octanol–water partition coefficient (Wildman–Crippen LogP) is 1.42. The Balaban J connectivity index is 2.01. The van der Waals surface area contributed by atoms with E-state index in [1.54, 1.807) is 17.0 Å². The van der Waals surface area contributed by atoms with Crippen molar-refractivity contribution in [3.05, 3.63) is 29.6 Å². The number of hydrogen-bond donors (Lipinski definition) is 0. The molecule has 0 spiro atoms. The van der Waals surface area contributed by atoms with Gasteiger partial charge in [-0.25, -0.2) is 4.39 Å². The average Bonchev–Trinajstić information content (AvgIpc) is 2.60. The molecule has 4 heteroatoms. The van der Waals surface area contributed by atoms with Gasteiger partial charge in [0.25, 0.3) is 0 Å². The largest absolute Gasteiger partial charge is 0.359 e. The topological polar surface area (TPSA) is 23.6 Å². The summed E-state index contributed by atoms with van der Waals surface area (Å²) in [7, 11) is 1.84. The first-order chi connectivity index (χ1) is 8.16. The van der Waals surface area contributed by atoms with Crippen molar-refractivity contribution < 1.29 is 9.18 Å². The first kappa shape index (κ1) is 10.6. The van der Waals surface area contributed by atoms with Crippen molar-refractivity contribution in [3.63, 3.8) is 0 Å². The van der Waals surface area contributed by atoms with Crippen LogP contribution in [0, 0.1) is 5.82 Å². The number of fused-ring (bicyclic) bond motifs is 3. The Morgan fingerprint density at radius 1 is 1.35 bits per heavy atom. The number of nitrogens with zero attached hydrogens (tertiary/aromatic N) is 2. The molecule has 0 aromatic heterocycles. The Morgan fingerprint density at radius 3 is 3.00 bits per heavy atom. The molecule has 2 aliphatic rings. The number of carbonyl (C=O) groups is 1. The smallest absolute Gasteiger partial charge is 0.245 e. The standard InChI is InChI=1S/C13H15FN2O/c1-15-5-2-6-16-11-8-10(14)4-3-9(11)7-12(16)13(15)17/h3-4,8,12H,2,5-7H2,1H3. The number of benzene rings is 1. The molecule has 0 radical (unpaired) electrons. The molecule has 1 unspecified atom stereocenters. The van der Waals surface area contributed by atoms with E-state index < -0.39 is 0 Å². The number of carbonyl (C=O) groups excluding carboxylic acids is 1. The zero-order valence-corrected chi connectivity index (χ0v) is 9.82. The van der Waals surface area contributed by atoms with E-state index in [0.717, 1.165) is 30.8 Å². The third kappa shape index (κ3) is 1.59. The summed E-state index contributed by atoms with van der Waals surface area (Å²) < 4.78 is 13.3. The van der Waals surface area contributed by atoms with E-state index >= 15 is 0 Å². The lowest BCUT2D eigenvalue weighted by Crippen LogP contribution is -2.42. The molecule has 2 aliphatic heterocycles. The molecule has 1 fully saturated rings. The Labute approximate surface area is 99.8 Å². The molecular weight excluding hydrogens is 219 g/mol. The highest BCUT2D eigenvalue weighted by molar-refractivity contribution is 5.88. The van der Waals surface area contributed by atoms with Crippen LogP contribution in [0.2, 0.25) is 0 Å².